The van der Waals surface area contributed by atoms with Gasteiger partial charge in [-0.15, -0.1) is 0 Å². The second-order valence-electron chi connectivity index (χ2n) is 4.23. The number of para-hydroxylation sites is 1. The van der Waals surface area contributed by atoms with Crippen LogP contribution in [0, 0.1) is 6.92 Å². The van der Waals surface area contributed by atoms with Crippen LogP contribution in [-0.4, -0.2) is 27.9 Å². The van der Waals surface area contributed by atoms with E-state index in [0.29, 0.717) is 23.6 Å². The number of hydrogen-bond acceptors (Lipinski definition) is 6. The lowest BCUT2D eigenvalue weighted by molar-refractivity contribution is 0.318. The molecule has 0 amide bonds. The molecule has 0 atom stereocenters. The van der Waals surface area contributed by atoms with Crippen LogP contribution in [0.3, 0.4) is 0 Å². The molecule has 0 aliphatic carbocycles. The number of nitrogens with zero attached hydrogens (tertiary/aromatic N) is 2. The Bertz CT molecular complexity index is 710. The molecule has 1 heterocycles. The number of benzene rings is 1. The Labute approximate surface area is 121 Å². The van der Waals surface area contributed by atoms with Gasteiger partial charge in [-0.25, -0.2) is 10.4 Å². The summed E-state index contributed by atoms with van der Waals surface area (Å²) >= 11 is 0. The molecule has 21 heavy (non-hydrogen) atoms. The highest BCUT2D eigenvalue weighted by molar-refractivity contribution is 5.85. The van der Waals surface area contributed by atoms with Gasteiger partial charge in [-0.1, -0.05) is 6.07 Å². The number of hydrazone groups is 1. The number of aromatic amines is 1. The molecule has 0 saturated heterocycles. The fourth-order valence-corrected chi connectivity index (χ4v) is 1.71. The van der Waals surface area contributed by atoms with Crippen LogP contribution in [0.25, 0.3) is 0 Å². The lowest BCUT2D eigenvalue weighted by Gasteiger charge is -2.07. The minimum Gasteiger partial charge on any atom is -0.504 e. The number of H-pyrrole nitrogens is 1. The van der Waals surface area contributed by atoms with Gasteiger partial charge in [0, 0.05) is 17.3 Å². The summed E-state index contributed by atoms with van der Waals surface area (Å²) in [6.45, 7) is 4.00. The zero-order chi connectivity index (χ0) is 15.2. The number of rotatable bonds is 5. The van der Waals surface area contributed by atoms with Crippen molar-refractivity contribution in [2.24, 2.45) is 5.10 Å². The van der Waals surface area contributed by atoms with Crippen molar-refractivity contribution in [3.63, 3.8) is 0 Å². The van der Waals surface area contributed by atoms with E-state index >= 15 is 0 Å². The average molecular weight is 288 g/mol. The summed E-state index contributed by atoms with van der Waals surface area (Å²) in [7, 11) is 0. The monoisotopic (exact) mass is 288 g/mol. The van der Waals surface area contributed by atoms with Crippen molar-refractivity contribution < 1.29 is 9.84 Å². The third-order valence-electron chi connectivity index (χ3n) is 2.57. The molecule has 7 heteroatoms. The molecule has 0 bridgehead atoms. The maximum atomic E-state index is 11.3. The van der Waals surface area contributed by atoms with E-state index in [1.165, 1.54) is 12.3 Å². The van der Waals surface area contributed by atoms with Crippen molar-refractivity contribution >= 4 is 12.2 Å². The van der Waals surface area contributed by atoms with Crippen molar-refractivity contribution in [1.82, 2.24) is 9.97 Å². The van der Waals surface area contributed by atoms with Crippen molar-refractivity contribution in [2.75, 3.05) is 12.0 Å². The smallest absolute Gasteiger partial charge is 0.252 e. The van der Waals surface area contributed by atoms with Gasteiger partial charge in [-0.05, 0) is 26.0 Å². The molecular weight excluding hydrogens is 272 g/mol. The molecule has 0 radical (unpaired) electrons. The van der Waals surface area contributed by atoms with Crippen LogP contribution in [0.4, 0.5) is 5.95 Å². The zero-order valence-corrected chi connectivity index (χ0v) is 11.8. The van der Waals surface area contributed by atoms with E-state index in [1.54, 1.807) is 25.1 Å². The molecule has 110 valence electrons. The minimum atomic E-state index is -0.263. The van der Waals surface area contributed by atoms with Crippen molar-refractivity contribution in [3.05, 3.63) is 45.9 Å². The van der Waals surface area contributed by atoms with Gasteiger partial charge in [0.2, 0.25) is 5.95 Å². The highest BCUT2D eigenvalue weighted by Gasteiger charge is 2.05. The molecule has 0 fully saturated rings. The summed E-state index contributed by atoms with van der Waals surface area (Å²) in [6.07, 6.45) is 1.42. The highest BCUT2D eigenvalue weighted by Crippen LogP contribution is 2.28. The molecule has 3 N–H and O–H groups in total. The van der Waals surface area contributed by atoms with E-state index in [9.17, 15) is 9.90 Å². The van der Waals surface area contributed by atoms with Crippen LogP contribution in [0.15, 0.2) is 34.2 Å². The van der Waals surface area contributed by atoms with Crippen LogP contribution >= 0.6 is 0 Å². The first-order valence-electron chi connectivity index (χ1n) is 6.42. The van der Waals surface area contributed by atoms with E-state index < -0.39 is 0 Å². The normalized spacial score (nSPS) is 10.8. The van der Waals surface area contributed by atoms with Gasteiger partial charge in [0.15, 0.2) is 11.5 Å². The van der Waals surface area contributed by atoms with Crippen molar-refractivity contribution in [3.8, 4) is 11.5 Å². The molecule has 2 rings (SSSR count). The average Bonchev–Trinajstić information content (AvgIpc) is 2.42. The molecule has 0 unspecified atom stereocenters. The summed E-state index contributed by atoms with van der Waals surface area (Å²) in [5.74, 6) is 0.635. The number of anilines is 1. The van der Waals surface area contributed by atoms with E-state index in [-0.39, 0.29) is 17.3 Å². The summed E-state index contributed by atoms with van der Waals surface area (Å²) in [6, 6.07) is 6.49. The predicted molar refractivity (Wildman–Crippen MR) is 80.1 cm³/mol. The van der Waals surface area contributed by atoms with E-state index in [2.05, 4.69) is 20.5 Å². The zero-order valence-electron chi connectivity index (χ0n) is 11.8. The highest BCUT2D eigenvalue weighted by atomic mass is 16.5. The van der Waals surface area contributed by atoms with Gasteiger partial charge in [0.05, 0.1) is 12.8 Å². The Morgan fingerprint density at radius 2 is 2.33 bits per heavy atom. The molecule has 0 aliphatic heterocycles. The second kappa shape index (κ2) is 6.56. The standard InChI is InChI=1S/C14H16N4O3/c1-3-21-11-6-4-5-10(13(11)20)8-15-18-14-16-9(2)7-12(19)17-14/h4-8,20H,3H2,1-2H3,(H2,16,17,18,19)/b15-8-. The van der Waals surface area contributed by atoms with Crippen LogP contribution in [0.2, 0.25) is 0 Å². The van der Waals surface area contributed by atoms with E-state index in [4.69, 9.17) is 4.74 Å². The molecule has 0 aliphatic rings. The van der Waals surface area contributed by atoms with Gasteiger partial charge >= 0.3 is 0 Å². The summed E-state index contributed by atoms with van der Waals surface area (Å²) in [5.41, 5.74) is 3.41. The van der Waals surface area contributed by atoms with Crippen LogP contribution < -0.4 is 15.7 Å². The van der Waals surface area contributed by atoms with Crippen molar-refractivity contribution in [2.45, 2.75) is 13.8 Å². The van der Waals surface area contributed by atoms with Crippen LogP contribution in [0.1, 0.15) is 18.2 Å². The maximum Gasteiger partial charge on any atom is 0.252 e. The van der Waals surface area contributed by atoms with Crippen LogP contribution in [-0.2, 0) is 0 Å². The number of ether oxygens (including phenoxy) is 1. The SMILES string of the molecule is CCOc1cccc(/C=N\Nc2nc(C)cc(=O)[nH]2)c1O. The maximum absolute atomic E-state index is 11.3. The Balaban J connectivity index is 2.14. The first kappa shape index (κ1) is 14.6. The second-order valence-corrected chi connectivity index (χ2v) is 4.23. The largest absolute Gasteiger partial charge is 0.504 e. The number of phenolic OH excluding ortho intramolecular Hbond substituents is 1. The first-order valence-corrected chi connectivity index (χ1v) is 6.42. The summed E-state index contributed by atoms with van der Waals surface area (Å²) in [4.78, 5) is 17.8. The number of aryl methyl sites for hydroxylation is 1. The molecule has 2 aromatic rings. The quantitative estimate of drug-likeness (QED) is 0.573. The molecule has 0 spiro atoms. The van der Waals surface area contributed by atoms with E-state index in [0.717, 1.165) is 0 Å². The molecule has 0 saturated carbocycles. The van der Waals surface area contributed by atoms with Gasteiger partial charge in [-0.2, -0.15) is 5.10 Å². The molecule has 1 aromatic carbocycles. The lowest BCUT2D eigenvalue weighted by Crippen LogP contribution is -2.10. The molecule has 1 aromatic heterocycles. The van der Waals surface area contributed by atoms with E-state index in [1.807, 2.05) is 6.92 Å². The number of aromatic nitrogens is 2. The van der Waals surface area contributed by atoms with Crippen molar-refractivity contribution in [1.29, 1.82) is 0 Å². The fourth-order valence-electron chi connectivity index (χ4n) is 1.71. The number of aromatic hydroxyl groups is 1. The number of phenols is 1. The Morgan fingerprint density at radius 3 is 3.05 bits per heavy atom. The number of nitrogens with one attached hydrogen (secondary N) is 2. The third-order valence-corrected chi connectivity index (χ3v) is 2.57. The Morgan fingerprint density at radius 1 is 1.52 bits per heavy atom. The van der Waals surface area contributed by atoms with Gasteiger partial charge in [0.25, 0.3) is 5.56 Å². The predicted octanol–water partition coefficient (Wildman–Crippen LogP) is 1.63. The Kier molecular flexibility index (Phi) is 4.55. The topological polar surface area (TPSA) is 99.6 Å². The van der Waals surface area contributed by atoms with Gasteiger partial charge in [0.1, 0.15) is 0 Å². The lowest BCUT2D eigenvalue weighted by atomic mass is 10.2. The number of hydrogen-bond donors (Lipinski definition) is 3. The fraction of sp³-hybridized carbons (Fsp3) is 0.214. The summed E-state index contributed by atoms with van der Waals surface area (Å²) < 4.78 is 5.28. The first-order chi connectivity index (χ1) is 10.1. The minimum absolute atomic E-state index is 0.00981. The Hall–Kier alpha value is -2.83. The van der Waals surface area contributed by atoms with Gasteiger partial charge < -0.3 is 9.84 Å². The molecular formula is C14H16N4O3. The van der Waals surface area contributed by atoms with Crippen LogP contribution in [0.5, 0.6) is 11.5 Å². The van der Waals surface area contributed by atoms with Gasteiger partial charge in [-0.3, -0.25) is 9.78 Å². The summed E-state index contributed by atoms with van der Waals surface area (Å²) in [5, 5.41) is 13.9. The molecule has 7 nitrogen and oxygen atoms in total. The third kappa shape index (κ3) is 3.82.